The van der Waals surface area contributed by atoms with Crippen LogP contribution in [-0.4, -0.2) is 78.0 Å². The number of carbonyl (C=O) groups excluding carboxylic acids is 2. The fraction of sp³-hybridized carbons (Fsp3) is 0.395. The van der Waals surface area contributed by atoms with Crippen LogP contribution in [0.4, 0.5) is 16.3 Å². The lowest BCUT2D eigenvalue weighted by molar-refractivity contribution is -0.118. The van der Waals surface area contributed by atoms with Crippen molar-refractivity contribution in [2.75, 3.05) is 57.0 Å². The number of anilines is 2. The Morgan fingerprint density at radius 3 is 2.65 bits per heavy atom. The molecule has 0 spiro atoms. The summed E-state index contributed by atoms with van der Waals surface area (Å²) in [6.45, 7) is 24.1. The summed E-state index contributed by atoms with van der Waals surface area (Å²) in [5.41, 5.74) is 2.97. The lowest BCUT2D eigenvalue weighted by Gasteiger charge is -2.36. The van der Waals surface area contributed by atoms with Crippen molar-refractivity contribution in [1.29, 1.82) is 0 Å². The second-order valence-electron chi connectivity index (χ2n) is 13.9. The number of rotatable bonds is 10. The molecule has 1 saturated heterocycles. The average molecular weight is 668 g/mol. The molecule has 3 amide bonds. The maximum absolute atomic E-state index is 13.5. The summed E-state index contributed by atoms with van der Waals surface area (Å²) in [4.78, 5) is 36.2. The molecule has 260 valence electrons. The summed E-state index contributed by atoms with van der Waals surface area (Å²) >= 11 is 0. The molecule has 2 atom stereocenters. The zero-order valence-corrected chi connectivity index (χ0v) is 29.5. The SMILES string of the molecule is C=CN(C1=CC(C)C(CN2CCN(C)CC2)C=C1)/C(=C\C(=C)C(C)(C)C)NC(=O)Nc1ccc(Oc2ccnc3c2OCC(=O)N3)cc1C. The van der Waals surface area contributed by atoms with Gasteiger partial charge in [0.05, 0.1) is 0 Å². The van der Waals surface area contributed by atoms with Crippen LogP contribution >= 0.6 is 0 Å². The van der Waals surface area contributed by atoms with Crippen molar-refractivity contribution in [2.24, 2.45) is 17.3 Å². The van der Waals surface area contributed by atoms with E-state index >= 15 is 0 Å². The van der Waals surface area contributed by atoms with E-state index in [1.54, 1.807) is 24.4 Å². The Morgan fingerprint density at radius 1 is 1.22 bits per heavy atom. The molecule has 3 N–H and O–H groups in total. The van der Waals surface area contributed by atoms with Gasteiger partial charge in [-0.2, -0.15) is 0 Å². The minimum atomic E-state index is -0.412. The lowest BCUT2D eigenvalue weighted by Crippen LogP contribution is -2.46. The number of fused-ring (bicyclic) bond motifs is 1. The Labute approximate surface area is 290 Å². The molecular weight excluding hydrogens is 618 g/mol. The number of hydrogen-bond donors (Lipinski definition) is 3. The third-order valence-electron chi connectivity index (χ3n) is 9.07. The zero-order valence-electron chi connectivity index (χ0n) is 29.5. The Balaban J connectivity index is 1.29. The van der Waals surface area contributed by atoms with E-state index in [0.29, 0.717) is 46.4 Å². The predicted octanol–water partition coefficient (Wildman–Crippen LogP) is 6.48. The topological polar surface area (TPSA) is 111 Å². The van der Waals surface area contributed by atoms with Crippen LogP contribution < -0.4 is 25.4 Å². The number of aromatic nitrogens is 1. The first-order chi connectivity index (χ1) is 23.3. The van der Waals surface area contributed by atoms with Gasteiger partial charge in [-0.25, -0.2) is 9.78 Å². The van der Waals surface area contributed by atoms with Crippen LogP contribution in [-0.2, 0) is 4.79 Å². The number of ether oxygens (including phenoxy) is 2. The van der Waals surface area contributed by atoms with E-state index < -0.39 is 6.03 Å². The van der Waals surface area contributed by atoms with Gasteiger partial charge in [-0.15, -0.1) is 0 Å². The highest BCUT2D eigenvalue weighted by Gasteiger charge is 2.26. The third-order valence-corrected chi connectivity index (χ3v) is 9.07. The summed E-state index contributed by atoms with van der Waals surface area (Å²) in [6.07, 6.45) is 11.8. The molecule has 1 fully saturated rings. The molecule has 1 aromatic heterocycles. The number of nitrogens with zero attached hydrogens (tertiary/aromatic N) is 4. The van der Waals surface area contributed by atoms with Gasteiger partial charge in [0.2, 0.25) is 5.75 Å². The highest BCUT2D eigenvalue weighted by molar-refractivity contribution is 5.95. The van der Waals surface area contributed by atoms with Crippen LogP contribution in [0.5, 0.6) is 17.2 Å². The Bertz CT molecular complexity index is 1680. The molecule has 2 aliphatic heterocycles. The third kappa shape index (κ3) is 8.98. The first kappa shape index (κ1) is 35.4. The standard InChI is InChI=1S/C38H49N7O4/c1-9-45(29-11-10-28(25(2)20-29)23-44-18-16-43(8)17-19-44)33(22-27(4)38(5,6)7)41-37(47)40-31-13-12-30(21-26(31)3)49-32-14-15-39-36-35(32)48-24-34(46)42-36/h9-15,20-22,25,28H,1,4,16-19,23-24H2,2-3,5-8H3,(H,39,42,46)(H2,40,41,47)/b33-22-. The number of benzene rings is 1. The molecule has 49 heavy (non-hydrogen) atoms. The van der Waals surface area contributed by atoms with Gasteiger partial charge >= 0.3 is 6.03 Å². The van der Waals surface area contributed by atoms with Gasteiger partial charge in [-0.05, 0) is 72.7 Å². The van der Waals surface area contributed by atoms with E-state index in [1.165, 1.54) is 6.20 Å². The van der Waals surface area contributed by atoms with Gasteiger partial charge in [0.15, 0.2) is 18.2 Å². The number of carbonyl (C=O) groups is 2. The normalized spacial score (nSPS) is 19.9. The van der Waals surface area contributed by atoms with Gasteiger partial charge in [-0.1, -0.05) is 53.0 Å². The van der Waals surface area contributed by atoms with Crippen molar-refractivity contribution in [3.63, 3.8) is 0 Å². The van der Waals surface area contributed by atoms with E-state index in [4.69, 9.17) is 9.47 Å². The summed E-state index contributed by atoms with van der Waals surface area (Å²) in [7, 11) is 2.18. The fourth-order valence-electron chi connectivity index (χ4n) is 5.73. The predicted molar refractivity (Wildman–Crippen MR) is 194 cm³/mol. The number of urea groups is 1. The van der Waals surface area contributed by atoms with Gasteiger partial charge in [0.1, 0.15) is 11.6 Å². The number of pyridine rings is 1. The van der Waals surface area contributed by atoms with Crippen LogP contribution in [0.2, 0.25) is 0 Å². The number of amides is 3. The van der Waals surface area contributed by atoms with Crippen molar-refractivity contribution in [2.45, 2.75) is 34.6 Å². The Kier molecular flexibility index (Phi) is 10.9. The molecule has 2 unspecified atom stereocenters. The maximum Gasteiger partial charge on any atom is 0.324 e. The number of nitrogens with one attached hydrogen (secondary N) is 3. The molecule has 11 heteroatoms. The number of hydrogen-bond acceptors (Lipinski definition) is 8. The van der Waals surface area contributed by atoms with E-state index in [9.17, 15) is 9.59 Å². The molecule has 0 bridgehead atoms. The Hall–Kier alpha value is -4.87. The molecule has 1 aromatic carbocycles. The van der Waals surface area contributed by atoms with Gasteiger partial charge in [0, 0.05) is 62.6 Å². The van der Waals surface area contributed by atoms with Crippen molar-refractivity contribution < 1.29 is 19.1 Å². The average Bonchev–Trinajstić information content (AvgIpc) is 3.04. The largest absolute Gasteiger partial charge is 0.476 e. The highest BCUT2D eigenvalue weighted by atomic mass is 16.5. The first-order valence-corrected chi connectivity index (χ1v) is 16.7. The smallest absolute Gasteiger partial charge is 0.324 e. The van der Waals surface area contributed by atoms with Crippen LogP contribution in [0.3, 0.4) is 0 Å². The molecule has 11 nitrogen and oxygen atoms in total. The van der Waals surface area contributed by atoms with Crippen LogP contribution in [0.25, 0.3) is 0 Å². The maximum atomic E-state index is 13.5. The molecule has 3 aliphatic rings. The number of allylic oxidation sites excluding steroid dienone is 4. The first-order valence-electron chi connectivity index (χ1n) is 16.7. The molecule has 1 aliphatic carbocycles. The molecule has 0 saturated carbocycles. The number of likely N-dealkylation sites (N-methyl/N-ethyl adjacent to an activating group) is 1. The lowest BCUT2D eigenvalue weighted by atomic mass is 9.87. The molecule has 0 radical (unpaired) electrons. The monoisotopic (exact) mass is 667 g/mol. The minimum Gasteiger partial charge on any atom is -0.476 e. The summed E-state index contributed by atoms with van der Waals surface area (Å²) < 4.78 is 11.6. The molecule has 2 aromatic rings. The van der Waals surface area contributed by atoms with Crippen LogP contribution in [0.15, 0.2) is 91.2 Å². The van der Waals surface area contributed by atoms with Gasteiger partial charge in [0.25, 0.3) is 5.91 Å². The van der Waals surface area contributed by atoms with Crippen molar-refractivity contribution in [3.05, 3.63) is 96.8 Å². The van der Waals surface area contributed by atoms with E-state index in [2.05, 4.69) is 96.9 Å². The van der Waals surface area contributed by atoms with E-state index in [0.717, 1.165) is 49.6 Å². The zero-order chi connectivity index (χ0) is 35.3. The molecule has 5 rings (SSSR count). The van der Waals surface area contributed by atoms with Crippen molar-refractivity contribution >= 4 is 23.4 Å². The molecular formula is C38H49N7O4. The van der Waals surface area contributed by atoms with Crippen LogP contribution in [0.1, 0.15) is 33.3 Å². The second-order valence-corrected chi connectivity index (χ2v) is 13.9. The van der Waals surface area contributed by atoms with Gasteiger partial charge < -0.3 is 34.8 Å². The van der Waals surface area contributed by atoms with Gasteiger partial charge in [-0.3, -0.25) is 10.1 Å². The summed E-state index contributed by atoms with van der Waals surface area (Å²) in [6, 6.07) is 6.60. The number of piperazine rings is 1. The summed E-state index contributed by atoms with van der Waals surface area (Å²) in [5, 5.41) is 8.72. The minimum absolute atomic E-state index is 0.112. The molecule has 3 heterocycles. The Morgan fingerprint density at radius 2 is 1.98 bits per heavy atom. The van der Waals surface area contributed by atoms with E-state index in [1.807, 2.05) is 24.0 Å². The quantitative estimate of drug-likeness (QED) is 0.247. The van der Waals surface area contributed by atoms with E-state index in [-0.39, 0.29) is 17.9 Å². The number of aryl methyl sites for hydroxylation is 1. The highest BCUT2D eigenvalue weighted by Crippen LogP contribution is 2.39. The van der Waals surface area contributed by atoms with Crippen LogP contribution in [0, 0.1) is 24.2 Å². The fourth-order valence-corrected chi connectivity index (χ4v) is 5.73. The summed E-state index contributed by atoms with van der Waals surface area (Å²) in [5.74, 6) is 2.61. The second kappa shape index (κ2) is 15.1. The van der Waals surface area contributed by atoms with Crippen molar-refractivity contribution in [1.82, 2.24) is 25.0 Å². The van der Waals surface area contributed by atoms with Crippen molar-refractivity contribution in [3.8, 4) is 17.2 Å².